The van der Waals surface area contributed by atoms with Crippen LogP contribution in [0.1, 0.15) is 207 Å². The summed E-state index contributed by atoms with van der Waals surface area (Å²) >= 11 is 0. The predicted octanol–water partition coefficient (Wildman–Crippen LogP) is 13.1. The minimum atomic E-state index is -1.19. The number of benzene rings is 1. The van der Waals surface area contributed by atoms with Gasteiger partial charge in [-0.1, -0.05) is 98.6 Å². The molecule has 1 aromatic carbocycles. The molecule has 6 saturated carbocycles. The van der Waals surface area contributed by atoms with Gasteiger partial charge in [0.15, 0.2) is 11.4 Å². The normalized spacial score (nSPS) is 47.4. The van der Waals surface area contributed by atoms with E-state index in [9.17, 15) is 5.11 Å². The zero-order chi connectivity index (χ0) is 52.3. The number of ether oxygens (including phenoxy) is 2. The number of aliphatic hydroxyl groups is 1. The molecule has 6 spiro atoms. The number of aliphatic hydroxyl groups excluding tert-OH is 1. The van der Waals surface area contributed by atoms with Crippen LogP contribution in [0.4, 0.5) is 0 Å². The number of hydrogen-bond acceptors (Lipinski definition) is 8. The molecule has 0 radical (unpaired) electrons. The fraction of sp³-hybridized carbons (Fsp3) is 0.746. The molecule has 4 bridgehead atoms. The molecule has 416 valence electrons. The topological polar surface area (TPSA) is 105 Å². The quantitative estimate of drug-likeness (QED) is 0.171. The molecular formula is C71H87N3O5. The Labute approximate surface area is 469 Å². The summed E-state index contributed by atoms with van der Waals surface area (Å²) in [6.07, 6.45) is 36.2. The van der Waals surface area contributed by atoms with Crippen LogP contribution >= 0.6 is 0 Å². The third kappa shape index (κ3) is 5.34. The highest BCUT2D eigenvalue weighted by atomic mass is 16.6. The third-order valence-corrected chi connectivity index (χ3v) is 29.4. The van der Waals surface area contributed by atoms with Gasteiger partial charge in [0, 0.05) is 78.5 Å². The molecule has 6 heterocycles. The van der Waals surface area contributed by atoms with E-state index in [0.29, 0.717) is 89.8 Å². The number of esters is 2. The molecule has 16 atom stereocenters. The van der Waals surface area contributed by atoms with Crippen LogP contribution in [0, 0.1) is 104 Å². The van der Waals surface area contributed by atoms with Crippen LogP contribution in [0.3, 0.4) is 0 Å². The first-order valence-corrected chi connectivity index (χ1v) is 33.5. The summed E-state index contributed by atoms with van der Waals surface area (Å²) in [6.45, 7) is 5.45. The van der Waals surface area contributed by atoms with Crippen molar-refractivity contribution in [1.82, 2.24) is 9.80 Å². The highest BCUT2D eigenvalue weighted by Crippen LogP contribution is 2.90. The Morgan fingerprint density at radius 2 is 1.62 bits per heavy atom. The van der Waals surface area contributed by atoms with Crippen molar-refractivity contribution in [3.05, 3.63) is 80.0 Å². The summed E-state index contributed by atoms with van der Waals surface area (Å²) < 4.78 is 15.4. The van der Waals surface area contributed by atoms with Crippen molar-refractivity contribution in [2.45, 2.75) is 217 Å². The number of hydrogen-bond donors (Lipinski definition) is 2. The fourth-order valence-corrected chi connectivity index (χ4v) is 27.1. The minimum Gasteiger partial charge on any atom is -0.508 e. The van der Waals surface area contributed by atoms with Gasteiger partial charge < -0.3 is 25.2 Å². The van der Waals surface area contributed by atoms with Gasteiger partial charge in [-0.25, -0.2) is 4.79 Å². The first-order valence-electron chi connectivity index (χ1n) is 33.5. The van der Waals surface area contributed by atoms with Crippen LogP contribution < -0.4 is 5.73 Å². The van der Waals surface area contributed by atoms with E-state index in [1.54, 1.807) is 22.4 Å². The smallest absolute Gasteiger partial charge is 0.339 e. The number of aryl methyl sites for hydroxylation is 1. The van der Waals surface area contributed by atoms with Crippen LogP contribution in [0.15, 0.2) is 57.7 Å². The molecule has 8 nitrogen and oxygen atoms in total. The van der Waals surface area contributed by atoms with Gasteiger partial charge in [-0.2, -0.15) is 0 Å². The Morgan fingerprint density at radius 1 is 0.823 bits per heavy atom. The monoisotopic (exact) mass is 1060 g/mol. The van der Waals surface area contributed by atoms with Gasteiger partial charge in [0.25, 0.3) is 0 Å². The second-order valence-electron chi connectivity index (χ2n) is 31.3. The number of fused-ring (bicyclic) bond motifs is 11. The number of allylic oxidation sites excluding steroid dienone is 4. The molecule has 0 amide bonds. The first kappa shape index (κ1) is 47.7. The van der Waals surface area contributed by atoms with Gasteiger partial charge in [0.2, 0.25) is 0 Å². The molecule has 11 aliphatic carbocycles. The summed E-state index contributed by atoms with van der Waals surface area (Å²) in [6, 6.07) is 5.56. The minimum absolute atomic E-state index is 0.0839. The molecule has 18 rings (SSSR count). The van der Waals surface area contributed by atoms with Gasteiger partial charge in [-0.15, -0.1) is 0 Å². The maximum Gasteiger partial charge on any atom is 0.339 e. The van der Waals surface area contributed by atoms with E-state index < -0.39 is 16.4 Å². The summed E-state index contributed by atoms with van der Waals surface area (Å²) in [4.78, 5) is 39.3. The number of piperidine rings is 3. The zero-order valence-corrected chi connectivity index (χ0v) is 47.5. The van der Waals surface area contributed by atoms with Gasteiger partial charge in [0.1, 0.15) is 11.2 Å². The van der Waals surface area contributed by atoms with Gasteiger partial charge >= 0.3 is 11.9 Å². The SMILES string of the molecule is C[C@H]1CC2=C3[C@H]4C5=C6[C@H]7C[C@]41CCC7=C[C@@H](C1CCCCC1)C[C@H]1[C@]64C(=O)O/C6=C(/O)[C@@H]7[C@H](C#CCc8ccc(CCCN)c9c8[C@]1(OC9=O)[C@]64CC5)C[C@@H]1[C@@H]4C[C@H](CN1[C@H]7C1CC5(CCCC5)C5(CCCC5)C1)[C@@H](CC2)N3C4. The molecule has 8 heteroatoms. The lowest BCUT2D eigenvalue weighted by molar-refractivity contribution is -0.284. The summed E-state index contributed by atoms with van der Waals surface area (Å²) in [5.41, 5.74) is 15.8. The van der Waals surface area contributed by atoms with E-state index in [4.69, 9.17) is 15.2 Å². The molecule has 6 aliphatic heterocycles. The molecular weight excluding hydrogens is 975 g/mol. The van der Waals surface area contributed by atoms with Crippen LogP contribution in [-0.2, 0) is 32.7 Å². The van der Waals surface area contributed by atoms with E-state index in [2.05, 4.69) is 46.8 Å². The first-order chi connectivity index (χ1) is 38.6. The zero-order valence-electron chi connectivity index (χ0n) is 47.5. The van der Waals surface area contributed by atoms with Crippen LogP contribution in [0.2, 0.25) is 0 Å². The largest absolute Gasteiger partial charge is 0.508 e. The van der Waals surface area contributed by atoms with E-state index in [0.717, 1.165) is 73.9 Å². The van der Waals surface area contributed by atoms with Crippen LogP contribution in [-0.4, -0.2) is 64.6 Å². The lowest BCUT2D eigenvalue weighted by atomic mass is 9.26. The highest BCUT2D eigenvalue weighted by Gasteiger charge is 2.95. The fourth-order valence-electron chi connectivity index (χ4n) is 27.1. The number of nitrogens with two attached hydrogens (primary N) is 1. The second kappa shape index (κ2) is 15.9. The van der Waals surface area contributed by atoms with E-state index in [1.165, 1.54) is 134 Å². The van der Waals surface area contributed by atoms with Crippen molar-refractivity contribution < 1.29 is 24.2 Å². The number of carbonyl (C=O) groups excluding carboxylic acids is 2. The Hall–Kier alpha value is -3.80. The average Bonchev–Trinajstić information content (AvgIpc) is 1.61. The highest BCUT2D eigenvalue weighted by molar-refractivity contribution is 6.01. The molecule has 4 saturated heterocycles. The van der Waals surface area contributed by atoms with Crippen molar-refractivity contribution >= 4 is 11.9 Å². The van der Waals surface area contributed by atoms with E-state index in [-0.39, 0.29) is 58.9 Å². The second-order valence-corrected chi connectivity index (χ2v) is 31.3. The van der Waals surface area contributed by atoms with Gasteiger partial charge in [-0.05, 0) is 210 Å². The maximum absolute atomic E-state index is 17.2. The molecule has 0 aromatic heterocycles. The lowest BCUT2D eigenvalue weighted by Gasteiger charge is -2.75. The van der Waals surface area contributed by atoms with Crippen molar-refractivity contribution in [2.75, 3.05) is 19.6 Å². The third-order valence-electron chi connectivity index (χ3n) is 29.4. The lowest BCUT2D eigenvalue weighted by Crippen LogP contribution is -2.78. The Balaban J connectivity index is 0.940. The van der Waals surface area contributed by atoms with Crippen molar-refractivity contribution in [1.29, 1.82) is 0 Å². The number of carbonyl (C=O) groups is 2. The molecule has 0 unspecified atom stereocenters. The van der Waals surface area contributed by atoms with Gasteiger partial charge in [-0.3, -0.25) is 9.69 Å². The van der Waals surface area contributed by atoms with Crippen molar-refractivity contribution in [2.24, 2.45) is 97.9 Å². The van der Waals surface area contributed by atoms with Crippen molar-refractivity contribution in [3.63, 3.8) is 0 Å². The molecule has 10 fully saturated rings. The summed E-state index contributed by atoms with van der Waals surface area (Å²) in [5, 5.41) is 14.8. The Kier molecular flexibility index (Phi) is 9.58. The summed E-state index contributed by atoms with van der Waals surface area (Å²) in [7, 11) is 0. The average molecular weight is 1060 g/mol. The summed E-state index contributed by atoms with van der Waals surface area (Å²) in [5.74, 6) is 11.3. The van der Waals surface area contributed by atoms with Crippen LogP contribution in [0.25, 0.3) is 0 Å². The number of nitrogens with zero attached hydrogens (tertiary/aromatic N) is 2. The van der Waals surface area contributed by atoms with E-state index in [1.807, 2.05) is 0 Å². The number of rotatable bonds is 5. The molecule has 17 aliphatic rings. The standard InChI is InChI=1S/C71H87N3O5/c1-39-29-45-18-19-52-47-31-48-38-73(52)61(45)59-50-21-27-69-63-62(75)56-44(32-53(48)74(37-47)60(56)49-34-66(22-5-6-23-66)67(35-49)24-7-8-25-67)14-9-13-42-17-16-41(15-10-28-72)55-57(42)71(69,79-64(55)76)54-33-46(40-11-3-2-4-12-40)30-43-20-26-68(39,59)36-51(43)58(50)70(54,69)65(77)78-63/h16-17,30,39-40,44,46-49,51-54,56,59-60,75H,2-8,10-13,15,18-29,31-38,72H2,1H3/b43-30?,63-62+/t39-,44+,46+,47+,48+,51-,52+,53+,54-,56+,59+,60-,68-,69+,70+,71-/m0/s1. The molecule has 3 N–H and O–H groups in total. The predicted molar refractivity (Wildman–Crippen MR) is 301 cm³/mol. The van der Waals surface area contributed by atoms with Crippen LogP contribution in [0.5, 0.6) is 0 Å². The maximum atomic E-state index is 17.2. The van der Waals surface area contributed by atoms with Crippen molar-refractivity contribution in [3.8, 4) is 11.8 Å². The molecule has 79 heavy (non-hydrogen) atoms. The molecule has 1 aromatic rings. The Bertz CT molecular complexity index is 3130. The van der Waals surface area contributed by atoms with E-state index >= 15 is 9.59 Å². The Morgan fingerprint density at radius 3 is 2.42 bits per heavy atom. The van der Waals surface area contributed by atoms with Gasteiger partial charge in [0.05, 0.1) is 11.0 Å².